The Morgan fingerprint density at radius 3 is 1.89 bits per heavy atom. The normalized spacial score (nSPS) is 10.3. The lowest BCUT2D eigenvalue weighted by molar-refractivity contribution is 0.107. The molecule has 1 aromatic rings. The summed E-state index contributed by atoms with van der Waals surface area (Å²) < 4.78 is 11.2. The second-order valence-electron chi connectivity index (χ2n) is 4.31. The Labute approximate surface area is 119 Å². The lowest BCUT2D eigenvalue weighted by atomic mass is 10.2. The predicted molar refractivity (Wildman–Crippen MR) is 77.4 cm³/mol. The van der Waals surface area contributed by atoms with Crippen LogP contribution in [0.4, 0.5) is 0 Å². The number of hydrogen-bond donors (Lipinski definition) is 0. The van der Waals surface area contributed by atoms with Crippen molar-refractivity contribution in [2.75, 3.05) is 13.2 Å². The highest BCUT2D eigenvalue weighted by Crippen LogP contribution is 2.30. The monoisotopic (exact) mass is 284 g/mol. The fourth-order valence-corrected chi connectivity index (χ4v) is 1.78. The van der Waals surface area contributed by atoms with Gasteiger partial charge in [0, 0.05) is 0 Å². The third-order valence-corrected chi connectivity index (χ3v) is 2.88. The average molecular weight is 285 g/mol. The van der Waals surface area contributed by atoms with Crippen LogP contribution in [0.1, 0.15) is 49.9 Å². The summed E-state index contributed by atoms with van der Waals surface area (Å²) in [5.41, 5.74) is 0.330. The van der Waals surface area contributed by atoms with E-state index in [0.717, 1.165) is 25.7 Å². The molecule has 0 spiro atoms. The van der Waals surface area contributed by atoms with Crippen LogP contribution in [-0.4, -0.2) is 18.5 Å². The largest absolute Gasteiger partial charge is 0.493 e. The minimum absolute atomic E-state index is 0.330. The van der Waals surface area contributed by atoms with Gasteiger partial charge in [-0.05, 0) is 36.6 Å². The fourth-order valence-electron chi connectivity index (χ4n) is 1.60. The van der Waals surface area contributed by atoms with Crippen molar-refractivity contribution in [1.29, 1.82) is 0 Å². The first kappa shape index (κ1) is 15.8. The van der Waals surface area contributed by atoms with Crippen LogP contribution in [0.2, 0.25) is 0 Å². The van der Waals surface area contributed by atoms with Gasteiger partial charge in [0.05, 0.1) is 13.2 Å². The van der Waals surface area contributed by atoms with Crippen LogP contribution in [0.15, 0.2) is 18.2 Å². The van der Waals surface area contributed by atoms with Crippen molar-refractivity contribution in [3.05, 3.63) is 23.8 Å². The Bertz CT molecular complexity index is 376. The molecule has 0 saturated carbocycles. The van der Waals surface area contributed by atoms with Crippen molar-refractivity contribution in [3.63, 3.8) is 0 Å². The zero-order valence-corrected chi connectivity index (χ0v) is 12.3. The van der Waals surface area contributed by atoms with Gasteiger partial charge in [0.2, 0.25) is 0 Å². The molecule has 0 radical (unpaired) electrons. The van der Waals surface area contributed by atoms with Crippen molar-refractivity contribution in [1.82, 2.24) is 0 Å². The molecule has 0 amide bonds. The number of rotatable bonds is 9. The van der Waals surface area contributed by atoms with Gasteiger partial charge in [0.25, 0.3) is 5.24 Å². The molecule has 0 aliphatic heterocycles. The van der Waals surface area contributed by atoms with Crippen LogP contribution in [0.3, 0.4) is 0 Å². The van der Waals surface area contributed by atoms with E-state index in [4.69, 9.17) is 21.1 Å². The number of halogens is 1. The minimum Gasteiger partial charge on any atom is -0.493 e. The summed E-state index contributed by atoms with van der Waals surface area (Å²) in [5, 5.41) is -0.543. The number of hydrogen-bond acceptors (Lipinski definition) is 3. The molecule has 0 aromatic heterocycles. The van der Waals surface area contributed by atoms with Gasteiger partial charge < -0.3 is 9.47 Å². The summed E-state index contributed by atoms with van der Waals surface area (Å²) in [6, 6.07) is 5.31. The van der Waals surface area contributed by atoms with Gasteiger partial charge in [-0.25, -0.2) is 0 Å². The maximum absolute atomic E-state index is 11.6. The Kier molecular flexibility index (Phi) is 7.34. The van der Waals surface area contributed by atoms with Gasteiger partial charge in [-0.15, -0.1) is 0 Å². The molecule has 0 N–H and O–H groups in total. The molecule has 0 atom stereocenters. The van der Waals surface area contributed by atoms with E-state index >= 15 is 0 Å². The van der Waals surface area contributed by atoms with E-state index in [1.54, 1.807) is 12.1 Å². The molecule has 4 heteroatoms. The highest BCUT2D eigenvalue weighted by atomic mass is 35.5. The number of benzene rings is 1. The van der Waals surface area contributed by atoms with Crippen molar-refractivity contribution in [2.45, 2.75) is 39.5 Å². The summed E-state index contributed by atoms with van der Waals surface area (Å²) in [6.45, 7) is 5.32. The molecule has 1 rings (SSSR count). The molecule has 3 nitrogen and oxygen atoms in total. The molecule has 0 aliphatic carbocycles. The lowest BCUT2D eigenvalue weighted by Gasteiger charge is -2.13. The second kappa shape index (κ2) is 8.81. The molecule has 1 aromatic carbocycles. The molecular weight excluding hydrogens is 264 g/mol. The van der Waals surface area contributed by atoms with Gasteiger partial charge in [0.1, 0.15) is 17.1 Å². The molecule has 0 bridgehead atoms. The average Bonchev–Trinajstić information content (AvgIpc) is 2.39. The molecule has 0 fully saturated rings. The van der Waals surface area contributed by atoms with Gasteiger partial charge in [-0.3, -0.25) is 4.79 Å². The van der Waals surface area contributed by atoms with E-state index in [1.807, 2.05) is 6.07 Å². The third-order valence-electron chi connectivity index (χ3n) is 2.70. The summed E-state index contributed by atoms with van der Waals surface area (Å²) >= 11 is 5.64. The summed E-state index contributed by atoms with van der Waals surface area (Å²) in [4.78, 5) is 11.6. The van der Waals surface area contributed by atoms with Crippen LogP contribution in [-0.2, 0) is 0 Å². The topological polar surface area (TPSA) is 35.5 Å². The van der Waals surface area contributed by atoms with Crippen LogP contribution in [0, 0.1) is 0 Å². The smallest absolute Gasteiger partial charge is 0.259 e. The minimum atomic E-state index is -0.543. The summed E-state index contributed by atoms with van der Waals surface area (Å²) in [5.74, 6) is 1.00. The van der Waals surface area contributed by atoms with Crippen molar-refractivity contribution >= 4 is 16.8 Å². The predicted octanol–water partition coefficient (Wildman–Crippen LogP) is 4.42. The Morgan fingerprint density at radius 1 is 1.05 bits per heavy atom. The zero-order chi connectivity index (χ0) is 14.1. The SMILES string of the molecule is CCCCOc1cccc(OCCCC)c1C(=O)Cl. The maximum atomic E-state index is 11.6. The first-order valence-corrected chi connectivity index (χ1v) is 7.16. The summed E-state index contributed by atoms with van der Waals surface area (Å²) in [6.07, 6.45) is 3.96. The Balaban J connectivity index is 2.84. The lowest BCUT2D eigenvalue weighted by Crippen LogP contribution is -2.06. The highest BCUT2D eigenvalue weighted by molar-refractivity contribution is 6.68. The standard InChI is InChI=1S/C15H21ClO3/c1-3-5-10-18-12-8-7-9-13(14(12)15(16)17)19-11-6-4-2/h7-9H,3-6,10-11H2,1-2H3. The first-order valence-electron chi connectivity index (χ1n) is 6.79. The van der Waals surface area contributed by atoms with E-state index in [9.17, 15) is 4.79 Å². The van der Waals surface area contributed by atoms with Crippen LogP contribution in [0.25, 0.3) is 0 Å². The van der Waals surface area contributed by atoms with Crippen LogP contribution in [0.5, 0.6) is 11.5 Å². The van der Waals surface area contributed by atoms with Gasteiger partial charge in [-0.2, -0.15) is 0 Å². The van der Waals surface area contributed by atoms with Gasteiger partial charge in [0.15, 0.2) is 0 Å². The molecule has 19 heavy (non-hydrogen) atoms. The fraction of sp³-hybridized carbons (Fsp3) is 0.533. The van der Waals surface area contributed by atoms with Crippen LogP contribution >= 0.6 is 11.6 Å². The second-order valence-corrected chi connectivity index (χ2v) is 4.65. The molecule has 0 aliphatic rings. The number of ether oxygens (including phenoxy) is 2. The Hall–Kier alpha value is -1.22. The molecular formula is C15H21ClO3. The maximum Gasteiger partial charge on any atom is 0.259 e. The zero-order valence-electron chi connectivity index (χ0n) is 11.6. The van der Waals surface area contributed by atoms with Gasteiger partial charge >= 0.3 is 0 Å². The first-order chi connectivity index (χ1) is 9.20. The molecule has 0 unspecified atom stereocenters. The Morgan fingerprint density at radius 2 is 1.53 bits per heavy atom. The number of carbonyl (C=O) groups is 1. The van der Waals surface area contributed by atoms with E-state index in [-0.39, 0.29) is 0 Å². The van der Waals surface area contributed by atoms with E-state index in [1.165, 1.54) is 0 Å². The molecule has 0 saturated heterocycles. The third kappa shape index (κ3) is 5.11. The van der Waals surface area contributed by atoms with E-state index in [2.05, 4.69) is 13.8 Å². The van der Waals surface area contributed by atoms with Crippen molar-refractivity contribution in [3.8, 4) is 11.5 Å². The number of unbranched alkanes of at least 4 members (excludes halogenated alkanes) is 2. The number of carbonyl (C=O) groups excluding carboxylic acids is 1. The highest BCUT2D eigenvalue weighted by Gasteiger charge is 2.16. The quantitative estimate of drug-likeness (QED) is 0.497. The van der Waals surface area contributed by atoms with E-state index < -0.39 is 5.24 Å². The van der Waals surface area contributed by atoms with Crippen LogP contribution < -0.4 is 9.47 Å². The van der Waals surface area contributed by atoms with E-state index in [0.29, 0.717) is 30.3 Å². The molecule has 0 heterocycles. The summed E-state index contributed by atoms with van der Waals surface area (Å²) in [7, 11) is 0. The van der Waals surface area contributed by atoms with Crippen molar-refractivity contribution < 1.29 is 14.3 Å². The van der Waals surface area contributed by atoms with Gasteiger partial charge in [-0.1, -0.05) is 32.8 Å². The van der Waals surface area contributed by atoms with Crippen molar-refractivity contribution in [2.24, 2.45) is 0 Å². The molecule has 106 valence electrons.